The molecule has 5 heterocycles. The standard InChI is InChI=1S/C32H52Br3N9O2/c33-13-1-5-17-21(9-13)29-36-25(17)38-30-23-11-15(35)3-7-19(23)27(40-30)42-32-24-12-16(44(45)46)4-8-20(24)28(43-32)41-31-22-10-14(34)2-6-18(22)26(37-29)39-31/h13-32,36-43H,1-12H2. The molecule has 8 bridgehead atoms. The van der Waals surface area contributed by atoms with Gasteiger partial charge in [0.15, 0.2) is 0 Å². The number of nitrogens with one attached hydrogen (secondary N) is 8. The SMILES string of the molecule is O=[N+]([O-])C1CCC2C3NC4NC(NC5NC(NC6NC(NC(N3)C2C1)C1CCC(Br)CC61)C1CCC(Br)CC51)C1CCC(Br)CC41. The summed E-state index contributed by atoms with van der Waals surface area (Å²) in [5.41, 5.74) is 0. The molecule has 5 saturated heterocycles. The third-order valence-electron chi connectivity index (χ3n) is 14.2. The van der Waals surface area contributed by atoms with Gasteiger partial charge >= 0.3 is 0 Å². The number of nitro groups is 1. The summed E-state index contributed by atoms with van der Waals surface area (Å²) in [7, 11) is 0. The fraction of sp³-hybridized carbons (Fsp3) is 1.00. The molecule has 14 heteroatoms. The van der Waals surface area contributed by atoms with E-state index in [9.17, 15) is 10.1 Å². The molecule has 0 spiro atoms. The fourth-order valence-corrected chi connectivity index (χ4v) is 14.1. The molecule has 9 aliphatic rings. The van der Waals surface area contributed by atoms with Crippen molar-refractivity contribution < 1.29 is 4.92 Å². The first-order valence-corrected chi connectivity index (χ1v) is 21.2. The van der Waals surface area contributed by atoms with Gasteiger partial charge in [-0.3, -0.25) is 52.6 Å². The molecule has 11 nitrogen and oxygen atoms in total. The van der Waals surface area contributed by atoms with Crippen molar-refractivity contribution in [3.8, 4) is 0 Å². The quantitative estimate of drug-likeness (QED) is 0.113. The molecule has 0 aromatic heterocycles. The van der Waals surface area contributed by atoms with Gasteiger partial charge in [-0.05, 0) is 112 Å². The van der Waals surface area contributed by atoms with Crippen LogP contribution in [0.5, 0.6) is 0 Å². The highest BCUT2D eigenvalue weighted by Gasteiger charge is 2.56. The maximum Gasteiger partial charge on any atom is 0.213 e. The Kier molecular flexibility index (Phi) is 9.12. The normalized spacial score (nSPS) is 58.1. The van der Waals surface area contributed by atoms with Crippen molar-refractivity contribution in [3.63, 3.8) is 0 Å². The van der Waals surface area contributed by atoms with Crippen LogP contribution in [0.25, 0.3) is 0 Å². The molecule has 4 aliphatic carbocycles. The average molecular weight is 835 g/mol. The lowest BCUT2D eigenvalue weighted by Crippen LogP contribution is -2.61. The summed E-state index contributed by atoms with van der Waals surface area (Å²) in [5.74, 6) is 3.97. The van der Waals surface area contributed by atoms with Crippen molar-refractivity contribution in [2.45, 2.75) is 147 Å². The van der Waals surface area contributed by atoms with Crippen molar-refractivity contribution >= 4 is 47.8 Å². The van der Waals surface area contributed by atoms with Gasteiger partial charge in [-0.15, -0.1) is 0 Å². The van der Waals surface area contributed by atoms with Crippen LogP contribution in [-0.4, -0.2) is 74.8 Å². The van der Waals surface area contributed by atoms with Crippen LogP contribution in [-0.2, 0) is 0 Å². The van der Waals surface area contributed by atoms with Crippen molar-refractivity contribution in [2.75, 3.05) is 0 Å². The maximum absolute atomic E-state index is 12.0. The fourth-order valence-electron chi connectivity index (χ4n) is 12.0. The van der Waals surface area contributed by atoms with Crippen LogP contribution in [0.1, 0.15) is 77.0 Å². The van der Waals surface area contributed by atoms with Gasteiger partial charge in [0.25, 0.3) is 0 Å². The van der Waals surface area contributed by atoms with Gasteiger partial charge in [0, 0.05) is 32.2 Å². The molecular formula is C32H52Br3N9O2. The van der Waals surface area contributed by atoms with Crippen molar-refractivity contribution in [1.29, 1.82) is 0 Å². The molecule has 0 radical (unpaired) electrons. The van der Waals surface area contributed by atoms with Crippen LogP contribution in [0.4, 0.5) is 0 Å². The Bertz CT molecular complexity index is 1160. The summed E-state index contributed by atoms with van der Waals surface area (Å²) in [5, 5.41) is 45.0. The molecule has 8 N–H and O–H groups in total. The summed E-state index contributed by atoms with van der Waals surface area (Å²) in [6.07, 6.45) is 14.6. The summed E-state index contributed by atoms with van der Waals surface area (Å²) in [6, 6.07) is -0.443. The third-order valence-corrected chi connectivity index (χ3v) is 16.7. The van der Waals surface area contributed by atoms with E-state index in [0.29, 0.717) is 68.7 Å². The zero-order valence-corrected chi connectivity index (χ0v) is 31.2. The van der Waals surface area contributed by atoms with E-state index < -0.39 is 6.04 Å². The summed E-state index contributed by atoms with van der Waals surface area (Å²) < 4.78 is 0. The number of hydrogen-bond donors (Lipinski definition) is 8. The number of nitrogens with zero attached hydrogens (tertiary/aromatic N) is 1. The van der Waals surface area contributed by atoms with Crippen LogP contribution < -0.4 is 42.5 Å². The second-order valence-electron chi connectivity index (χ2n) is 16.4. The van der Waals surface area contributed by atoms with E-state index in [-0.39, 0.29) is 60.2 Å². The zero-order valence-electron chi connectivity index (χ0n) is 26.4. The molecule has 258 valence electrons. The molecule has 4 saturated carbocycles. The average Bonchev–Trinajstić information content (AvgIpc) is 3.75. The smallest absolute Gasteiger partial charge is 0.213 e. The predicted molar refractivity (Wildman–Crippen MR) is 188 cm³/mol. The summed E-state index contributed by atoms with van der Waals surface area (Å²) in [4.78, 5) is 13.7. The largest absolute Gasteiger partial charge is 0.286 e. The van der Waals surface area contributed by atoms with Crippen molar-refractivity contribution in [3.05, 3.63) is 10.1 Å². The number of halogens is 3. The monoisotopic (exact) mass is 831 g/mol. The Labute approximate surface area is 298 Å². The second kappa shape index (κ2) is 12.9. The number of alkyl halides is 3. The molecule has 9 fully saturated rings. The molecular weight excluding hydrogens is 782 g/mol. The minimum atomic E-state index is -0.443. The summed E-state index contributed by atoms with van der Waals surface area (Å²) >= 11 is 12.0. The first kappa shape index (κ1) is 32.4. The second-order valence-corrected chi connectivity index (χ2v) is 20.3. The molecule has 0 aromatic carbocycles. The van der Waals surface area contributed by atoms with Gasteiger partial charge < -0.3 is 0 Å². The van der Waals surface area contributed by atoms with Crippen molar-refractivity contribution in [2.24, 2.45) is 47.3 Å². The van der Waals surface area contributed by atoms with E-state index >= 15 is 0 Å². The third kappa shape index (κ3) is 5.81. The van der Waals surface area contributed by atoms with Crippen molar-refractivity contribution in [1.82, 2.24) is 42.5 Å². The van der Waals surface area contributed by atoms with Gasteiger partial charge in [0.1, 0.15) is 0 Å². The van der Waals surface area contributed by atoms with Gasteiger partial charge in [-0.25, -0.2) is 0 Å². The highest BCUT2D eigenvalue weighted by molar-refractivity contribution is 9.10. The maximum atomic E-state index is 12.0. The van der Waals surface area contributed by atoms with Gasteiger partial charge in [-0.2, -0.15) is 0 Å². The molecule has 46 heavy (non-hydrogen) atoms. The van der Waals surface area contributed by atoms with E-state index in [1.54, 1.807) is 0 Å². The molecule has 20 unspecified atom stereocenters. The molecule has 5 aliphatic heterocycles. The van der Waals surface area contributed by atoms with Crippen LogP contribution >= 0.6 is 47.8 Å². The van der Waals surface area contributed by atoms with E-state index in [4.69, 9.17) is 0 Å². The Hall–Kier alpha value is 0.520. The highest BCUT2D eigenvalue weighted by Crippen LogP contribution is 2.47. The number of fused-ring (bicyclic) bond motifs is 20. The Balaban J connectivity index is 1.06. The van der Waals surface area contributed by atoms with Gasteiger partial charge in [0.2, 0.25) is 6.04 Å². The van der Waals surface area contributed by atoms with Gasteiger partial charge in [0.05, 0.1) is 49.3 Å². The Morgan fingerprint density at radius 3 is 0.957 bits per heavy atom. The van der Waals surface area contributed by atoms with E-state index in [1.807, 2.05) is 0 Å². The number of hydrogen-bond acceptors (Lipinski definition) is 10. The minimum Gasteiger partial charge on any atom is -0.286 e. The lowest BCUT2D eigenvalue weighted by atomic mass is 9.75. The molecule has 0 aromatic rings. The highest BCUT2D eigenvalue weighted by atomic mass is 79.9. The zero-order chi connectivity index (χ0) is 31.3. The number of rotatable bonds is 1. The molecule has 20 atom stereocenters. The van der Waals surface area contributed by atoms with Crippen LogP contribution in [0.15, 0.2) is 0 Å². The Morgan fingerprint density at radius 1 is 0.391 bits per heavy atom. The summed E-state index contributed by atoms with van der Waals surface area (Å²) in [6.45, 7) is 0. The van der Waals surface area contributed by atoms with Crippen LogP contribution in [0, 0.1) is 57.5 Å². The lowest BCUT2D eigenvalue weighted by Gasteiger charge is -2.37. The van der Waals surface area contributed by atoms with Crippen LogP contribution in [0.2, 0.25) is 0 Å². The molecule has 0 amide bonds. The Morgan fingerprint density at radius 2 is 0.652 bits per heavy atom. The van der Waals surface area contributed by atoms with Crippen LogP contribution in [0.3, 0.4) is 0 Å². The van der Waals surface area contributed by atoms with E-state index in [0.717, 1.165) is 6.42 Å². The lowest BCUT2D eigenvalue weighted by molar-refractivity contribution is -0.528. The molecule has 9 rings (SSSR count). The van der Waals surface area contributed by atoms with E-state index in [2.05, 4.69) is 90.3 Å². The first-order chi connectivity index (χ1) is 22.3. The van der Waals surface area contributed by atoms with E-state index in [1.165, 1.54) is 57.8 Å². The predicted octanol–water partition coefficient (Wildman–Crippen LogP) is 2.98. The topological polar surface area (TPSA) is 139 Å². The first-order valence-electron chi connectivity index (χ1n) is 18.4. The minimum absolute atomic E-state index is 0.0134. The van der Waals surface area contributed by atoms with Gasteiger partial charge in [-0.1, -0.05) is 47.8 Å².